The SMILES string of the molecule is Cc1nnc(NCCC2=CCCC2)c2ccccc12. The van der Waals surface area contributed by atoms with Crippen molar-refractivity contribution in [1.29, 1.82) is 0 Å². The van der Waals surface area contributed by atoms with Gasteiger partial charge in [-0.2, -0.15) is 5.10 Å². The molecule has 1 aliphatic rings. The Balaban J connectivity index is 1.75. The minimum absolute atomic E-state index is 0.903. The van der Waals surface area contributed by atoms with Crippen LogP contribution >= 0.6 is 0 Å². The first-order valence-corrected chi connectivity index (χ1v) is 6.98. The minimum atomic E-state index is 0.903. The maximum atomic E-state index is 4.29. The van der Waals surface area contributed by atoms with Gasteiger partial charge in [-0.3, -0.25) is 0 Å². The summed E-state index contributed by atoms with van der Waals surface area (Å²) in [4.78, 5) is 0. The van der Waals surface area contributed by atoms with Crippen LogP contribution in [0.15, 0.2) is 35.9 Å². The van der Waals surface area contributed by atoms with Crippen molar-refractivity contribution in [1.82, 2.24) is 10.2 Å². The van der Waals surface area contributed by atoms with Gasteiger partial charge in [0.2, 0.25) is 0 Å². The number of aryl methyl sites for hydroxylation is 1. The number of rotatable bonds is 4. The summed E-state index contributed by atoms with van der Waals surface area (Å²) in [6.45, 7) is 2.94. The van der Waals surface area contributed by atoms with Crippen LogP contribution in [-0.4, -0.2) is 16.7 Å². The Morgan fingerprint density at radius 2 is 2.00 bits per heavy atom. The molecule has 98 valence electrons. The van der Waals surface area contributed by atoms with Gasteiger partial charge in [0.25, 0.3) is 0 Å². The van der Waals surface area contributed by atoms with E-state index in [9.17, 15) is 0 Å². The molecule has 0 atom stereocenters. The van der Waals surface area contributed by atoms with Gasteiger partial charge < -0.3 is 5.32 Å². The molecule has 0 amide bonds. The quantitative estimate of drug-likeness (QED) is 0.841. The summed E-state index contributed by atoms with van der Waals surface area (Å²) in [7, 11) is 0. The highest BCUT2D eigenvalue weighted by atomic mass is 15.2. The smallest absolute Gasteiger partial charge is 0.156 e. The second kappa shape index (κ2) is 5.39. The first kappa shape index (κ1) is 12.2. The molecule has 0 radical (unpaired) electrons. The predicted molar refractivity (Wildman–Crippen MR) is 79.3 cm³/mol. The summed E-state index contributed by atoms with van der Waals surface area (Å²) in [6.07, 6.45) is 7.33. The van der Waals surface area contributed by atoms with Crippen LogP contribution in [-0.2, 0) is 0 Å². The van der Waals surface area contributed by atoms with Gasteiger partial charge >= 0.3 is 0 Å². The number of fused-ring (bicyclic) bond motifs is 1. The van der Waals surface area contributed by atoms with Crippen LogP contribution < -0.4 is 5.32 Å². The summed E-state index contributed by atoms with van der Waals surface area (Å²) in [5.41, 5.74) is 2.57. The van der Waals surface area contributed by atoms with Crippen LogP contribution in [0.5, 0.6) is 0 Å². The molecule has 0 saturated heterocycles. The average Bonchev–Trinajstić information content (AvgIpc) is 2.95. The molecule has 0 fully saturated rings. The summed E-state index contributed by atoms with van der Waals surface area (Å²) in [6, 6.07) is 8.30. The molecule has 1 N–H and O–H groups in total. The van der Waals surface area contributed by atoms with E-state index >= 15 is 0 Å². The Kier molecular flexibility index (Phi) is 3.45. The zero-order valence-electron chi connectivity index (χ0n) is 11.3. The van der Waals surface area contributed by atoms with Crippen LogP contribution in [0, 0.1) is 6.92 Å². The van der Waals surface area contributed by atoms with E-state index in [1.165, 1.54) is 24.6 Å². The van der Waals surface area contributed by atoms with Crippen LogP contribution in [0.25, 0.3) is 10.8 Å². The monoisotopic (exact) mass is 253 g/mol. The third-order valence-electron chi connectivity index (χ3n) is 3.75. The Morgan fingerprint density at radius 3 is 2.79 bits per heavy atom. The molecule has 3 heteroatoms. The van der Waals surface area contributed by atoms with Gasteiger partial charge in [0.05, 0.1) is 5.69 Å². The molecule has 2 aromatic rings. The molecule has 0 saturated carbocycles. The van der Waals surface area contributed by atoms with Gasteiger partial charge in [0, 0.05) is 17.3 Å². The van der Waals surface area contributed by atoms with Crippen LogP contribution in [0.1, 0.15) is 31.4 Å². The zero-order chi connectivity index (χ0) is 13.1. The normalized spacial score (nSPS) is 14.7. The molecule has 0 spiro atoms. The Hall–Kier alpha value is -1.90. The lowest BCUT2D eigenvalue weighted by atomic mass is 10.1. The van der Waals surface area contributed by atoms with Crippen molar-refractivity contribution in [2.24, 2.45) is 0 Å². The number of allylic oxidation sites excluding steroid dienone is 1. The van der Waals surface area contributed by atoms with Gasteiger partial charge in [-0.05, 0) is 32.6 Å². The van der Waals surface area contributed by atoms with Crippen molar-refractivity contribution < 1.29 is 0 Å². The summed E-state index contributed by atoms with van der Waals surface area (Å²) < 4.78 is 0. The Morgan fingerprint density at radius 1 is 1.16 bits per heavy atom. The molecular formula is C16H19N3. The highest BCUT2D eigenvalue weighted by Crippen LogP contribution is 2.23. The Labute approximate surface area is 113 Å². The second-order valence-electron chi connectivity index (χ2n) is 5.11. The number of hydrogen-bond donors (Lipinski definition) is 1. The molecule has 0 aliphatic heterocycles. The maximum Gasteiger partial charge on any atom is 0.156 e. The second-order valence-corrected chi connectivity index (χ2v) is 5.11. The van der Waals surface area contributed by atoms with Crippen molar-refractivity contribution in [3.63, 3.8) is 0 Å². The number of benzene rings is 1. The van der Waals surface area contributed by atoms with Gasteiger partial charge in [0.1, 0.15) is 0 Å². The van der Waals surface area contributed by atoms with Crippen molar-refractivity contribution >= 4 is 16.6 Å². The average molecular weight is 253 g/mol. The van der Waals surface area contributed by atoms with Crippen molar-refractivity contribution in [3.8, 4) is 0 Å². The predicted octanol–water partition coefficient (Wildman–Crippen LogP) is 3.85. The van der Waals surface area contributed by atoms with E-state index in [0.717, 1.165) is 29.9 Å². The number of anilines is 1. The molecule has 1 aromatic carbocycles. The minimum Gasteiger partial charge on any atom is -0.368 e. The fourth-order valence-electron chi connectivity index (χ4n) is 2.67. The highest BCUT2D eigenvalue weighted by Gasteiger charge is 2.07. The Bertz CT molecular complexity index is 616. The van der Waals surface area contributed by atoms with Crippen LogP contribution in [0.2, 0.25) is 0 Å². The first-order chi connectivity index (χ1) is 9.34. The van der Waals surface area contributed by atoms with E-state index in [0.29, 0.717) is 0 Å². The van der Waals surface area contributed by atoms with Crippen LogP contribution in [0.3, 0.4) is 0 Å². The largest absolute Gasteiger partial charge is 0.368 e. The summed E-state index contributed by atoms with van der Waals surface area (Å²) in [5, 5.41) is 14.3. The first-order valence-electron chi connectivity index (χ1n) is 6.98. The van der Waals surface area contributed by atoms with Crippen LogP contribution in [0.4, 0.5) is 5.82 Å². The maximum absolute atomic E-state index is 4.29. The lowest BCUT2D eigenvalue weighted by Crippen LogP contribution is -2.06. The van der Waals surface area contributed by atoms with Crippen molar-refractivity contribution in [3.05, 3.63) is 41.6 Å². The van der Waals surface area contributed by atoms with E-state index in [-0.39, 0.29) is 0 Å². The third kappa shape index (κ3) is 2.60. The molecule has 1 aromatic heterocycles. The van der Waals surface area contributed by atoms with Crippen molar-refractivity contribution in [2.45, 2.75) is 32.6 Å². The number of hydrogen-bond acceptors (Lipinski definition) is 3. The summed E-state index contributed by atoms with van der Waals surface area (Å²) >= 11 is 0. The van der Waals surface area contributed by atoms with E-state index < -0.39 is 0 Å². The lowest BCUT2D eigenvalue weighted by Gasteiger charge is -2.09. The zero-order valence-corrected chi connectivity index (χ0v) is 11.3. The van der Waals surface area contributed by atoms with E-state index in [2.05, 4.69) is 33.7 Å². The standard InChI is InChI=1S/C16H19N3/c1-12-14-8-4-5-9-15(14)16(19-18-12)17-11-10-13-6-2-3-7-13/h4-6,8-9H,2-3,7,10-11H2,1H3,(H,17,19). The highest BCUT2D eigenvalue weighted by molar-refractivity contribution is 5.92. The van der Waals surface area contributed by atoms with Crippen molar-refractivity contribution in [2.75, 3.05) is 11.9 Å². The van der Waals surface area contributed by atoms with E-state index in [1.807, 2.05) is 19.1 Å². The molecule has 19 heavy (non-hydrogen) atoms. The topological polar surface area (TPSA) is 37.8 Å². The van der Waals surface area contributed by atoms with Gasteiger partial charge in [-0.15, -0.1) is 5.10 Å². The molecule has 3 nitrogen and oxygen atoms in total. The van der Waals surface area contributed by atoms with Gasteiger partial charge in [0.15, 0.2) is 5.82 Å². The fourth-order valence-corrected chi connectivity index (χ4v) is 2.67. The molecule has 0 unspecified atom stereocenters. The summed E-state index contributed by atoms with van der Waals surface area (Å²) in [5.74, 6) is 0.903. The molecule has 3 rings (SSSR count). The molecule has 1 aliphatic carbocycles. The number of nitrogens with one attached hydrogen (secondary N) is 1. The van der Waals surface area contributed by atoms with Gasteiger partial charge in [-0.25, -0.2) is 0 Å². The third-order valence-corrected chi connectivity index (χ3v) is 3.75. The number of aromatic nitrogens is 2. The van der Waals surface area contributed by atoms with E-state index in [4.69, 9.17) is 0 Å². The number of nitrogens with zero attached hydrogens (tertiary/aromatic N) is 2. The molecule has 1 heterocycles. The molecule has 0 bridgehead atoms. The van der Waals surface area contributed by atoms with Gasteiger partial charge in [-0.1, -0.05) is 35.9 Å². The van der Waals surface area contributed by atoms with E-state index in [1.54, 1.807) is 5.57 Å². The lowest BCUT2D eigenvalue weighted by molar-refractivity contribution is 0.859. The molecular weight excluding hydrogens is 234 g/mol. The fraction of sp³-hybridized carbons (Fsp3) is 0.375.